The quantitative estimate of drug-likeness (QED) is 0.498. The molecule has 1 aromatic heterocycles. The zero-order valence-corrected chi connectivity index (χ0v) is 18.1. The van der Waals surface area contributed by atoms with Gasteiger partial charge in [0.1, 0.15) is 0 Å². The minimum absolute atomic E-state index is 0.170. The first-order chi connectivity index (χ1) is 14.1. The lowest BCUT2D eigenvalue weighted by atomic mass is 9.84. The predicted molar refractivity (Wildman–Crippen MR) is 114 cm³/mol. The number of fused-ring (bicyclic) bond motifs is 1. The smallest absolute Gasteiger partial charge is 0.311 e. The number of hydrogen-bond donors (Lipinski definition) is 2. The molecule has 2 aromatic carbocycles. The molecule has 2 unspecified atom stereocenters. The molecule has 30 heavy (non-hydrogen) atoms. The van der Waals surface area contributed by atoms with Crippen LogP contribution in [0.25, 0.3) is 10.9 Å². The van der Waals surface area contributed by atoms with Crippen molar-refractivity contribution >= 4 is 46.0 Å². The van der Waals surface area contributed by atoms with Crippen molar-refractivity contribution in [1.82, 2.24) is 4.57 Å². The molecule has 3 rings (SSSR count). The highest BCUT2D eigenvalue weighted by Crippen LogP contribution is 2.39. The van der Waals surface area contributed by atoms with Crippen molar-refractivity contribution in [2.45, 2.75) is 33.1 Å². The zero-order valence-electron chi connectivity index (χ0n) is 16.5. The number of rotatable bonds is 5. The molecule has 0 fully saturated rings. The monoisotopic (exact) mass is 451 g/mol. The summed E-state index contributed by atoms with van der Waals surface area (Å²) < 4.78 is 15.5. The van der Waals surface area contributed by atoms with Gasteiger partial charge in [0.2, 0.25) is 0 Å². The summed E-state index contributed by atoms with van der Waals surface area (Å²) in [7, 11) is 0. The molecule has 5 nitrogen and oxygen atoms in total. The van der Waals surface area contributed by atoms with Gasteiger partial charge in [-0.3, -0.25) is 14.2 Å². The molecule has 0 spiro atoms. The fourth-order valence-corrected chi connectivity index (χ4v) is 4.05. The van der Waals surface area contributed by atoms with Crippen LogP contribution in [0.15, 0.2) is 30.3 Å². The van der Waals surface area contributed by atoms with Gasteiger partial charge in [0.15, 0.2) is 11.6 Å². The van der Waals surface area contributed by atoms with Crippen LogP contribution in [0.3, 0.4) is 0 Å². The summed E-state index contributed by atoms with van der Waals surface area (Å²) in [6.07, 6.45) is 0.580. The lowest BCUT2D eigenvalue weighted by Gasteiger charge is -2.20. The number of carboxylic acid groups (broad SMARTS) is 1. The van der Waals surface area contributed by atoms with Crippen molar-refractivity contribution in [3.8, 4) is 5.75 Å². The van der Waals surface area contributed by atoms with Crippen LogP contribution in [0.4, 0.5) is 4.39 Å². The van der Waals surface area contributed by atoms with E-state index in [1.54, 1.807) is 13.8 Å². The molecule has 0 saturated carbocycles. The fourth-order valence-electron chi connectivity index (χ4n) is 3.75. The molecule has 0 aliphatic carbocycles. The van der Waals surface area contributed by atoms with Crippen LogP contribution in [0, 0.1) is 18.7 Å². The van der Waals surface area contributed by atoms with E-state index in [0.29, 0.717) is 23.1 Å². The maximum atomic E-state index is 14.2. The third kappa shape index (κ3) is 3.66. The third-order valence-electron chi connectivity index (χ3n) is 5.48. The van der Waals surface area contributed by atoms with Gasteiger partial charge >= 0.3 is 5.97 Å². The van der Waals surface area contributed by atoms with Gasteiger partial charge < -0.3 is 10.2 Å². The van der Waals surface area contributed by atoms with Gasteiger partial charge in [-0.2, -0.15) is 0 Å². The number of phenols is 1. The standard InChI is InChI=1S/C22H20Cl2FNO4/c1-4-10(2)19(22(29)30)20-11(3)26(17-9-16(25)18(27)8-13(17)20)21(28)12-5-6-14(23)15(24)7-12/h5-10,19,27H,4H2,1-3H3,(H,29,30). The Hall–Kier alpha value is -2.57. The maximum Gasteiger partial charge on any atom is 0.311 e. The maximum absolute atomic E-state index is 14.2. The number of carbonyl (C=O) groups is 2. The average molecular weight is 452 g/mol. The number of nitrogens with zero attached hydrogens (tertiary/aromatic N) is 1. The molecular formula is C22H20Cl2FNO4. The molecule has 2 N–H and O–H groups in total. The zero-order chi connectivity index (χ0) is 22.3. The van der Waals surface area contributed by atoms with Gasteiger partial charge in [-0.05, 0) is 42.7 Å². The Kier molecular flexibility index (Phi) is 6.11. The Morgan fingerprint density at radius 1 is 1.17 bits per heavy atom. The highest BCUT2D eigenvalue weighted by Gasteiger charge is 2.33. The number of carboxylic acids is 1. The Balaban J connectivity index is 2.36. The van der Waals surface area contributed by atoms with Gasteiger partial charge in [0, 0.05) is 22.7 Å². The van der Waals surface area contributed by atoms with Gasteiger partial charge in [-0.15, -0.1) is 0 Å². The normalized spacial score (nSPS) is 13.4. The number of phenolic OH excluding ortho intramolecular Hbond substituents is 1. The van der Waals surface area contributed by atoms with Crippen LogP contribution < -0.4 is 0 Å². The molecule has 0 radical (unpaired) electrons. The van der Waals surface area contributed by atoms with E-state index in [-0.39, 0.29) is 27.0 Å². The van der Waals surface area contributed by atoms with Gasteiger partial charge in [0.25, 0.3) is 5.91 Å². The first-order valence-electron chi connectivity index (χ1n) is 9.34. The average Bonchev–Trinajstić information content (AvgIpc) is 2.95. The van der Waals surface area contributed by atoms with E-state index < -0.39 is 29.4 Å². The highest BCUT2D eigenvalue weighted by atomic mass is 35.5. The van der Waals surface area contributed by atoms with Crippen LogP contribution in [0.1, 0.15) is 47.8 Å². The molecule has 0 aliphatic rings. The number of carbonyl (C=O) groups excluding carboxylic acids is 1. The molecule has 0 bridgehead atoms. The second-order valence-corrected chi connectivity index (χ2v) is 8.11. The second kappa shape index (κ2) is 8.28. The van der Waals surface area contributed by atoms with Crippen molar-refractivity contribution < 1.29 is 24.2 Å². The van der Waals surface area contributed by atoms with Gasteiger partial charge in [-0.1, -0.05) is 43.5 Å². The number of hydrogen-bond acceptors (Lipinski definition) is 3. The first-order valence-corrected chi connectivity index (χ1v) is 10.1. The van der Waals surface area contributed by atoms with E-state index in [1.807, 2.05) is 6.92 Å². The van der Waals surface area contributed by atoms with Crippen LogP contribution in [0.2, 0.25) is 10.0 Å². The van der Waals surface area contributed by atoms with E-state index in [0.717, 1.165) is 6.07 Å². The summed E-state index contributed by atoms with van der Waals surface area (Å²) in [5, 5.41) is 20.6. The predicted octanol–water partition coefficient (Wildman–Crippen LogP) is 6.00. The summed E-state index contributed by atoms with van der Waals surface area (Å²) in [4.78, 5) is 25.4. The van der Waals surface area contributed by atoms with Crippen molar-refractivity contribution in [3.63, 3.8) is 0 Å². The van der Waals surface area contributed by atoms with Crippen molar-refractivity contribution in [2.75, 3.05) is 0 Å². The molecule has 0 aliphatic heterocycles. The van der Waals surface area contributed by atoms with E-state index >= 15 is 0 Å². The SMILES string of the molecule is CCC(C)C(C(=O)O)c1c(C)n(C(=O)c2ccc(Cl)c(Cl)c2)c2cc(F)c(O)cc12. The van der Waals surface area contributed by atoms with Crippen molar-refractivity contribution in [1.29, 1.82) is 0 Å². The van der Waals surface area contributed by atoms with Crippen molar-refractivity contribution in [3.05, 3.63) is 63.0 Å². The summed E-state index contributed by atoms with van der Waals surface area (Å²) in [6.45, 7) is 5.27. The molecule has 3 aromatic rings. The van der Waals surface area contributed by atoms with E-state index in [1.165, 1.54) is 28.8 Å². The molecule has 158 valence electrons. The topological polar surface area (TPSA) is 79.5 Å². The Morgan fingerprint density at radius 2 is 1.83 bits per heavy atom. The van der Waals surface area contributed by atoms with Crippen molar-refractivity contribution in [2.24, 2.45) is 5.92 Å². The molecule has 2 atom stereocenters. The molecule has 0 amide bonds. The number of halogens is 3. The first kappa shape index (κ1) is 22.1. The molecular weight excluding hydrogens is 432 g/mol. The number of aliphatic carboxylic acids is 1. The summed E-state index contributed by atoms with van der Waals surface area (Å²) >= 11 is 12.0. The van der Waals surface area contributed by atoms with E-state index in [4.69, 9.17) is 23.2 Å². The Labute approximate surface area is 182 Å². The minimum Gasteiger partial charge on any atom is -0.505 e. The highest BCUT2D eigenvalue weighted by molar-refractivity contribution is 6.42. The Bertz CT molecular complexity index is 1170. The van der Waals surface area contributed by atoms with Gasteiger partial charge in [0.05, 0.1) is 21.5 Å². The number of aromatic hydroxyl groups is 1. The molecule has 0 saturated heterocycles. The van der Waals surface area contributed by atoms with Crippen LogP contribution in [-0.4, -0.2) is 26.7 Å². The Morgan fingerprint density at radius 3 is 2.40 bits per heavy atom. The van der Waals surface area contributed by atoms with E-state index in [9.17, 15) is 24.2 Å². The largest absolute Gasteiger partial charge is 0.505 e. The van der Waals surface area contributed by atoms with E-state index in [2.05, 4.69) is 0 Å². The summed E-state index contributed by atoms with van der Waals surface area (Å²) in [6, 6.07) is 6.57. The number of aromatic nitrogens is 1. The summed E-state index contributed by atoms with van der Waals surface area (Å²) in [5.74, 6) is -4.29. The van der Waals surface area contributed by atoms with Gasteiger partial charge in [-0.25, -0.2) is 4.39 Å². The minimum atomic E-state index is -1.06. The van der Waals surface area contributed by atoms with Crippen LogP contribution in [-0.2, 0) is 4.79 Å². The molecule has 8 heteroatoms. The third-order valence-corrected chi connectivity index (χ3v) is 6.22. The van der Waals surface area contributed by atoms with Crippen LogP contribution >= 0.6 is 23.2 Å². The summed E-state index contributed by atoms with van der Waals surface area (Å²) in [5.41, 5.74) is 1.11. The van der Waals surface area contributed by atoms with Crippen LogP contribution in [0.5, 0.6) is 5.75 Å². The number of benzene rings is 2. The lowest BCUT2D eigenvalue weighted by Crippen LogP contribution is -2.21. The molecule has 1 heterocycles. The second-order valence-electron chi connectivity index (χ2n) is 7.29. The lowest BCUT2D eigenvalue weighted by molar-refractivity contribution is -0.140. The fraction of sp³-hybridized carbons (Fsp3) is 0.273.